The molecule has 0 saturated carbocycles. The summed E-state index contributed by atoms with van der Waals surface area (Å²) in [5, 5.41) is 6.43. The van der Waals surface area contributed by atoms with Crippen LogP contribution in [0.25, 0.3) is 0 Å². The number of carbonyl (C=O) groups is 1. The Labute approximate surface area is 140 Å². The Kier molecular flexibility index (Phi) is 4.76. The predicted octanol–water partition coefficient (Wildman–Crippen LogP) is 3.43. The lowest BCUT2D eigenvalue weighted by Gasteiger charge is -2.09. The van der Waals surface area contributed by atoms with Gasteiger partial charge in [0.25, 0.3) is 0 Å². The molecule has 0 unspecified atom stereocenters. The van der Waals surface area contributed by atoms with Gasteiger partial charge in [-0.2, -0.15) is 0 Å². The van der Waals surface area contributed by atoms with Crippen molar-refractivity contribution in [3.8, 4) is 0 Å². The molecule has 2 heterocycles. The number of aromatic nitrogens is 3. The fraction of sp³-hybridized carbons (Fsp3) is 0.111. The molecule has 0 fully saturated rings. The van der Waals surface area contributed by atoms with Crippen molar-refractivity contribution in [2.45, 2.75) is 13.5 Å². The van der Waals surface area contributed by atoms with Crippen molar-refractivity contribution in [2.24, 2.45) is 0 Å². The van der Waals surface area contributed by atoms with Gasteiger partial charge in [-0.25, -0.2) is 9.97 Å². The van der Waals surface area contributed by atoms with Crippen LogP contribution in [0.15, 0.2) is 61.2 Å². The van der Waals surface area contributed by atoms with Crippen molar-refractivity contribution in [3.63, 3.8) is 0 Å². The third kappa shape index (κ3) is 4.13. The van der Waals surface area contributed by atoms with Crippen molar-refractivity contribution < 1.29 is 4.79 Å². The number of Topliss-reactive ketones (excluding diaryl/α,β-unsaturated/α-hetero) is 1. The van der Waals surface area contributed by atoms with E-state index in [1.165, 1.54) is 6.33 Å². The number of pyridine rings is 1. The van der Waals surface area contributed by atoms with Crippen molar-refractivity contribution >= 4 is 23.1 Å². The lowest BCUT2D eigenvalue weighted by atomic mass is 10.1. The van der Waals surface area contributed by atoms with Crippen LogP contribution in [0.3, 0.4) is 0 Å². The van der Waals surface area contributed by atoms with Crippen LogP contribution in [-0.4, -0.2) is 20.7 Å². The molecule has 2 aromatic heterocycles. The minimum Gasteiger partial charge on any atom is -0.366 e. The van der Waals surface area contributed by atoms with Crippen LogP contribution in [0.2, 0.25) is 0 Å². The molecule has 3 rings (SSSR count). The van der Waals surface area contributed by atoms with Crippen LogP contribution in [0.5, 0.6) is 0 Å². The van der Waals surface area contributed by atoms with Crippen LogP contribution < -0.4 is 10.6 Å². The fourth-order valence-corrected chi connectivity index (χ4v) is 2.18. The molecule has 1 aromatic carbocycles. The largest absolute Gasteiger partial charge is 0.366 e. The average molecular weight is 319 g/mol. The molecule has 6 heteroatoms. The van der Waals surface area contributed by atoms with E-state index in [0.717, 1.165) is 11.3 Å². The molecule has 0 amide bonds. The summed E-state index contributed by atoms with van der Waals surface area (Å²) in [6.45, 7) is 2.20. The minimum absolute atomic E-state index is 0.0287. The summed E-state index contributed by atoms with van der Waals surface area (Å²) in [6.07, 6.45) is 5.00. The molecular formula is C18H17N5O. The maximum Gasteiger partial charge on any atom is 0.159 e. The highest BCUT2D eigenvalue weighted by molar-refractivity contribution is 5.95. The first-order valence-corrected chi connectivity index (χ1v) is 7.53. The number of rotatable bonds is 6. The summed E-state index contributed by atoms with van der Waals surface area (Å²) in [6, 6.07) is 13.0. The molecule has 0 atom stereocenters. The number of anilines is 3. The van der Waals surface area contributed by atoms with Gasteiger partial charge in [-0.05, 0) is 36.8 Å². The molecule has 0 aliphatic heterocycles. The summed E-state index contributed by atoms with van der Waals surface area (Å²) in [5.74, 6) is 1.40. The molecule has 6 nitrogen and oxygen atoms in total. The number of nitrogens with one attached hydrogen (secondary N) is 2. The SMILES string of the molecule is CC(=O)c1cccc(Nc2cc(NCc3ccncc3)ncn2)c1. The summed E-state index contributed by atoms with van der Waals surface area (Å²) in [4.78, 5) is 23.9. The predicted molar refractivity (Wildman–Crippen MR) is 93.3 cm³/mol. The van der Waals surface area contributed by atoms with E-state index in [1.807, 2.05) is 30.3 Å². The van der Waals surface area contributed by atoms with Gasteiger partial charge in [-0.15, -0.1) is 0 Å². The summed E-state index contributed by atoms with van der Waals surface area (Å²) >= 11 is 0. The lowest BCUT2D eigenvalue weighted by Crippen LogP contribution is -2.03. The summed E-state index contributed by atoms with van der Waals surface area (Å²) < 4.78 is 0. The number of hydrogen-bond donors (Lipinski definition) is 2. The summed E-state index contributed by atoms with van der Waals surface area (Å²) in [7, 11) is 0. The second kappa shape index (κ2) is 7.32. The smallest absolute Gasteiger partial charge is 0.159 e. The summed E-state index contributed by atoms with van der Waals surface area (Å²) in [5.41, 5.74) is 2.58. The van der Waals surface area contributed by atoms with Gasteiger partial charge in [0.2, 0.25) is 0 Å². The molecule has 0 radical (unpaired) electrons. The van der Waals surface area contributed by atoms with E-state index in [4.69, 9.17) is 0 Å². The zero-order valence-corrected chi connectivity index (χ0v) is 13.2. The molecule has 0 spiro atoms. The Balaban J connectivity index is 1.69. The van der Waals surface area contributed by atoms with Crippen LogP contribution >= 0.6 is 0 Å². The zero-order valence-electron chi connectivity index (χ0n) is 13.2. The highest BCUT2D eigenvalue weighted by Crippen LogP contribution is 2.18. The zero-order chi connectivity index (χ0) is 16.8. The van der Waals surface area contributed by atoms with E-state index in [0.29, 0.717) is 23.7 Å². The Morgan fingerprint density at radius 2 is 1.83 bits per heavy atom. The molecule has 24 heavy (non-hydrogen) atoms. The highest BCUT2D eigenvalue weighted by Gasteiger charge is 2.03. The van der Waals surface area contributed by atoms with Crippen molar-refractivity contribution in [1.82, 2.24) is 15.0 Å². The monoisotopic (exact) mass is 319 g/mol. The number of ketones is 1. The van der Waals surface area contributed by atoms with Gasteiger partial charge in [0.15, 0.2) is 5.78 Å². The molecule has 3 aromatic rings. The van der Waals surface area contributed by atoms with Gasteiger partial charge < -0.3 is 10.6 Å². The molecule has 0 bridgehead atoms. The van der Waals surface area contributed by atoms with Gasteiger partial charge in [0.05, 0.1) is 0 Å². The molecule has 2 N–H and O–H groups in total. The van der Waals surface area contributed by atoms with Gasteiger partial charge in [-0.3, -0.25) is 9.78 Å². The van der Waals surface area contributed by atoms with E-state index in [9.17, 15) is 4.79 Å². The van der Waals surface area contributed by atoms with Crippen LogP contribution in [0.1, 0.15) is 22.8 Å². The fourth-order valence-electron chi connectivity index (χ4n) is 2.18. The molecule has 120 valence electrons. The van der Waals surface area contributed by atoms with E-state index >= 15 is 0 Å². The minimum atomic E-state index is 0.0287. The molecule has 0 saturated heterocycles. The Hall–Kier alpha value is -3.28. The van der Waals surface area contributed by atoms with Gasteiger partial charge in [0.1, 0.15) is 18.0 Å². The maximum atomic E-state index is 11.5. The molecule has 0 aliphatic rings. The normalized spacial score (nSPS) is 10.2. The Bertz CT molecular complexity index is 836. The number of carbonyl (C=O) groups excluding carboxylic acids is 1. The van der Waals surface area contributed by atoms with Crippen molar-refractivity contribution in [3.05, 3.63) is 72.3 Å². The van der Waals surface area contributed by atoms with Crippen LogP contribution in [0, 0.1) is 0 Å². The third-order valence-electron chi connectivity index (χ3n) is 3.43. The average Bonchev–Trinajstić information content (AvgIpc) is 2.61. The third-order valence-corrected chi connectivity index (χ3v) is 3.43. The Morgan fingerprint density at radius 3 is 2.62 bits per heavy atom. The lowest BCUT2D eigenvalue weighted by molar-refractivity contribution is 0.101. The second-order valence-corrected chi connectivity index (χ2v) is 5.26. The van der Waals surface area contributed by atoms with Crippen LogP contribution in [0.4, 0.5) is 17.3 Å². The second-order valence-electron chi connectivity index (χ2n) is 5.26. The quantitative estimate of drug-likeness (QED) is 0.678. The molecule has 0 aliphatic carbocycles. The van der Waals surface area contributed by atoms with E-state index in [1.54, 1.807) is 31.5 Å². The van der Waals surface area contributed by atoms with E-state index < -0.39 is 0 Å². The first-order chi connectivity index (χ1) is 11.7. The maximum absolute atomic E-state index is 11.5. The van der Waals surface area contributed by atoms with Gasteiger partial charge >= 0.3 is 0 Å². The van der Waals surface area contributed by atoms with Crippen molar-refractivity contribution in [1.29, 1.82) is 0 Å². The first-order valence-electron chi connectivity index (χ1n) is 7.53. The number of benzene rings is 1. The first kappa shape index (κ1) is 15.6. The Morgan fingerprint density at radius 1 is 1.04 bits per heavy atom. The number of hydrogen-bond acceptors (Lipinski definition) is 6. The van der Waals surface area contributed by atoms with Gasteiger partial charge in [-0.1, -0.05) is 12.1 Å². The molecular weight excluding hydrogens is 302 g/mol. The van der Waals surface area contributed by atoms with Crippen LogP contribution in [-0.2, 0) is 6.54 Å². The van der Waals surface area contributed by atoms with Gasteiger partial charge in [0, 0.05) is 36.3 Å². The van der Waals surface area contributed by atoms with E-state index in [-0.39, 0.29) is 5.78 Å². The topological polar surface area (TPSA) is 79.8 Å². The number of nitrogens with zero attached hydrogens (tertiary/aromatic N) is 3. The highest BCUT2D eigenvalue weighted by atomic mass is 16.1. The standard InChI is InChI=1S/C18H17N5O/c1-13(24)15-3-2-4-16(9-15)23-18-10-17(21-12-22-18)20-11-14-5-7-19-8-6-14/h2-10,12H,11H2,1H3,(H2,20,21,22,23). The van der Waals surface area contributed by atoms with Crippen molar-refractivity contribution in [2.75, 3.05) is 10.6 Å². The van der Waals surface area contributed by atoms with E-state index in [2.05, 4.69) is 25.6 Å².